The van der Waals surface area contributed by atoms with Gasteiger partial charge in [0.25, 0.3) is 11.1 Å². The third-order valence-electron chi connectivity index (χ3n) is 4.40. The number of aromatic hydroxyl groups is 1. The number of nitrogens with zero attached hydrogens (tertiary/aromatic N) is 3. The van der Waals surface area contributed by atoms with Crippen LogP contribution < -0.4 is 4.74 Å². The molecule has 0 atom stereocenters. The second-order valence-corrected chi connectivity index (χ2v) is 7.33. The molecule has 0 aromatic heterocycles. The van der Waals surface area contributed by atoms with Crippen LogP contribution in [0.1, 0.15) is 12.5 Å². The van der Waals surface area contributed by atoms with Gasteiger partial charge in [-0.1, -0.05) is 0 Å². The summed E-state index contributed by atoms with van der Waals surface area (Å²) in [6, 6.07) is 2.41. The molecule has 0 radical (unpaired) electrons. The lowest BCUT2D eigenvalue weighted by Gasteiger charge is -2.28. The standard InChI is InChI=1S/C18H19N3O8S/c1-2-29-13-8-11(7-12(16(13)23)21(26)27)9-14-17(24)20(18(25)30-14)10-15(22)19-3-5-28-6-4-19/h7-9,23H,2-6,10H2,1H3/b14-9+. The number of phenols is 1. The van der Waals surface area contributed by atoms with E-state index in [-0.39, 0.29) is 35.3 Å². The Balaban J connectivity index is 1.82. The highest BCUT2D eigenvalue weighted by molar-refractivity contribution is 8.18. The van der Waals surface area contributed by atoms with E-state index < -0.39 is 27.5 Å². The summed E-state index contributed by atoms with van der Waals surface area (Å²) in [5.74, 6) is -1.76. The Kier molecular flexibility index (Phi) is 6.57. The van der Waals surface area contributed by atoms with Crippen molar-refractivity contribution in [3.8, 4) is 11.5 Å². The van der Waals surface area contributed by atoms with Crippen molar-refractivity contribution in [1.82, 2.24) is 9.80 Å². The van der Waals surface area contributed by atoms with Gasteiger partial charge in [-0.15, -0.1) is 0 Å². The van der Waals surface area contributed by atoms with E-state index in [1.54, 1.807) is 6.92 Å². The molecule has 1 N–H and O–H groups in total. The zero-order valence-corrected chi connectivity index (χ0v) is 16.8. The molecular weight excluding hydrogens is 418 g/mol. The van der Waals surface area contributed by atoms with E-state index in [4.69, 9.17) is 9.47 Å². The lowest BCUT2D eigenvalue weighted by molar-refractivity contribution is -0.386. The second-order valence-electron chi connectivity index (χ2n) is 6.34. The summed E-state index contributed by atoms with van der Waals surface area (Å²) < 4.78 is 10.4. The maximum atomic E-state index is 12.6. The Morgan fingerprint density at radius 2 is 2.07 bits per heavy atom. The van der Waals surface area contributed by atoms with Crippen LogP contribution in [-0.4, -0.2) is 76.3 Å². The van der Waals surface area contributed by atoms with Crippen LogP contribution in [0.2, 0.25) is 0 Å². The first-order valence-corrected chi connectivity index (χ1v) is 9.88. The minimum Gasteiger partial charge on any atom is -0.500 e. The summed E-state index contributed by atoms with van der Waals surface area (Å²) in [4.78, 5) is 50.1. The average molecular weight is 437 g/mol. The van der Waals surface area contributed by atoms with Crippen LogP contribution in [-0.2, 0) is 14.3 Å². The van der Waals surface area contributed by atoms with Crippen LogP contribution >= 0.6 is 11.8 Å². The third kappa shape index (κ3) is 4.54. The number of thioether (sulfide) groups is 1. The van der Waals surface area contributed by atoms with Crippen molar-refractivity contribution in [2.24, 2.45) is 0 Å². The molecule has 1 aromatic rings. The van der Waals surface area contributed by atoms with Crippen molar-refractivity contribution >= 4 is 40.6 Å². The van der Waals surface area contributed by atoms with E-state index in [0.717, 1.165) is 11.0 Å². The maximum absolute atomic E-state index is 12.6. The summed E-state index contributed by atoms with van der Waals surface area (Å²) in [6.07, 6.45) is 1.29. The number of amides is 3. The molecule has 0 spiro atoms. The Morgan fingerprint density at radius 3 is 2.70 bits per heavy atom. The molecule has 0 bridgehead atoms. The number of rotatable bonds is 6. The molecule has 11 nitrogen and oxygen atoms in total. The normalized spacial score (nSPS) is 18.2. The number of hydrogen-bond donors (Lipinski definition) is 1. The molecule has 2 aliphatic heterocycles. The number of nitro groups is 1. The van der Waals surface area contributed by atoms with Crippen LogP contribution in [0.4, 0.5) is 10.5 Å². The van der Waals surface area contributed by atoms with E-state index in [2.05, 4.69) is 0 Å². The number of morpholine rings is 1. The summed E-state index contributed by atoms with van der Waals surface area (Å²) >= 11 is 0.633. The highest BCUT2D eigenvalue weighted by Crippen LogP contribution is 2.39. The predicted octanol–water partition coefficient (Wildman–Crippen LogP) is 1.59. The van der Waals surface area contributed by atoms with Gasteiger partial charge in [-0.2, -0.15) is 0 Å². The molecule has 2 aliphatic rings. The molecule has 0 unspecified atom stereocenters. The zero-order chi connectivity index (χ0) is 21.8. The second kappa shape index (κ2) is 9.13. The van der Waals surface area contributed by atoms with Crippen molar-refractivity contribution in [3.63, 3.8) is 0 Å². The first kappa shape index (κ1) is 21.6. The van der Waals surface area contributed by atoms with Crippen LogP contribution in [0.15, 0.2) is 17.0 Å². The van der Waals surface area contributed by atoms with Crippen LogP contribution in [0.5, 0.6) is 11.5 Å². The molecule has 3 amide bonds. The number of phenolic OH excluding ortho intramolecular Hbond substituents is 1. The highest BCUT2D eigenvalue weighted by Gasteiger charge is 2.37. The van der Waals surface area contributed by atoms with Crippen LogP contribution in [0.25, 0.3) is 6.08 Å². The van der Waals surface area contributed by atoms with Crippen LogP contribution in [0, 0.1) is 10.1 Å². The number of ether oxygens (including phenoxy) is 2. The minimum absolute atomic E-state index is 0.0113. The van der Waals surface area contributed by atoms with Crippen molar-refractivity contribution < 1.29 is 33.9 Å². The van der Waals surface area contributed by atoms with Gasteiger partial charge in [-0.05, 0) is 36.4 Å². The van der Waals surface area contributed by atoms with Gasteiger partial charge in [0.2, 0.25) is 11.7 Å². The molecule has 12 heteroatoms. The van der Waals surface area contributed by atoms with E-state index >= 15 is 0 Å². The van der Waals surface area contributed by atoms with E-state index in [9.17, 15) is 29.6 Å². The maximum Gasteiger partial charge on any atom is 0.315 e. The topological polar surface area (TPSA) is 140 Å². The lowest BCUT2D eigenvalue weighted by atomic mass is 10.1. The van der Waals surface area contributed by atoms with Crippen LogP contribution in [0.3, 0.4) is 0 Å². The molecule has 0 aliphatic carbocycles. The van der Waals surface area contributed by atoms with E-state index in [1.165, 1.54) is 17.0 Å². The van der Waals surface area contributed by atoms with Crippen molar-refractivity contribution in [3.05, 3.63) is 32.7 Å². The van der Waals surface area contributed by atoms with Crippen molar-refractivity contribution in [1.29, 1.82) is 0 Å². The van der Waals surface area contributed by atoms with Crippen molar-refractivity contribution in [2.45, 2.75) is 6.92 Å². The number of carbonyl (C=O) groups is 3. The molecule has 2 fully saturated rings. The predicted molar refractivity (Wildman–Crippen MR) is 106 cm³/mol. The van der Waals surface area contributed by atoms with Gasteiger partial charge in [-0.25, -0.2) is 0 Å². The average Bonchev–Trinajstić information content (AvgIpc) is 2.98. The number of hydrogen-bond acceptors (Lipinski definition) is 9. The minimum atomic E-state index is -0.776. The van der Waals surface area contributed by atoms with Gasteiger partial charge >= 0.3 is 5.69 Å². The van der Waals surface area contributed by atoms with Gasteiger partial charge in [0.05, 0.1) is 29.6 Å². The summed E-state index contributed by atoms with van der Waals surface area (Å²) in [6.45, 7) is 3.00. The summed E-state index contributed by atoms with van der Waals surface area (Å²) in [7, 11) is 0. The molecule has 2 saturated heterocycles. The van der Waals surface area contributed by atoms with Gasteiger partial charge in [0.1, 0.15) is 6.54 Å². The lowest BCUT2D eigenvalue weighted by Crippen LogP contribution is -2.46. The van der Waals surface area contributed by atoms with Gasteiger partial charge in [0.15, 0.2) is 5.75 Å². The SMILES string of the molecule is CCOc1cc(/C=C2/SC(=O)N(CC(=O)N3CCOCC3)C2=O)cc([N+](=O)[O-])c1O. The molecule has 2 heterocycles. The number of nitro benzene ring substituents is 1. The highest BCUT2D eigenvalue weighted by atomic mass is 32.2. The van der Waals surface area contributed by atoms with E-state index in [1.807, 2.05) is 0 Å². The van der Waals surface area contributed by atoms with Gasteiger partial charge in [-0.3, -0.25) is 29.4 Å². The fourth-order valence-corrected chi connectivity index (χ4v) is 3.78. The first-order valence-electron chi connectivity index (χ1n) is 9.07. The molecule has 30 heavy (non-hydrogen) atoms. The van der Waals surface area contributed by atoms with Crippen molar-refractivity contribution in [2.75, 3.05) is 39.5 Å². The Morgan fingerprint density at radius 1 is 1.37 bits per heavy atom. The summed E-state index contributed by atoms with van der Waals surface area (Å²) in [5, 5.41) is 20.5. The number of carbonyl (C=O) groups excluding carboxylic acids is 3. The zero-order valence-electron chi connectivity index (χ0n) is 16.0. The third-order valence-corrected chi connectivity index (χ3v) is 5.31. The molecule has 160 valence electrons. The molecule has 3 rings (SSSR count). The van der Waals surface area contributed by atoms with Gasteiger partial charge < -0.3 is 19.5 Å². The first-order chi connectivity index (χ1) is 14.3. The number of imide groups is 1. The summed E-state index contributed by atoms with van der Waals surface area (Å²) in [5.41, 5.74) is -0.387. The quantitative estimate of drug-likeness (QED) is 0.399. The smallest absolute Gasteiger partial charge is 0.315 e. The van der Waals surface area contributed by atoms with E-state index in [0.29, 0.717) is 38.1 Å². The fourth-order valence-electron chi connectivity index (χ4n) is 2.94. The monoisotopic (exact) mass is 437 g/mol. The molecule has 0 saturated carbocycles. The largest absolute Gasteiger partial charge is 0.500 e. The Hall–Kier alpha value is -3.12. The Labute approximate surface area is 175 Å². The number of benzene rings is 1. The van der Waals surface area contributed by atoms with Gasteiger partial charge in [0, 0.05) is 19.2 Å². The Bertz CT molecular complexity index is 926. The molecular formula is C18H19N3O8S. The molecule has 1 aromatic carbocycles. The fraction of sp³-hybridized carbons (Fsp3) is 0.389.